The van der Waals surface area contributed by atoms with Crippen LogP contribution in [0.4, 0.5) is 0 Å². The average molecular weight is 207 g/mol. The minimum atomic E-state index is 0.618. The van der Waals surface area contributed by atoms with Gasteiger partial charge in [0.05, 0.1) is 0 Å². The van der Waals surface area contributed by atoms with Gasteiger partial charge in [-0.1, -0.05) is 37.3 Å². The van der Waals surface area contributed by atoms with Gasteiger partial charge in [-0.25, -0.2) is 0 Å². The molecule has 0 aromatic heterocycles. The zero-order valence-corrected chi connectivity index (χ0v) is 9.86. The van der Waals surface area contributed by atoms with Gasteiger partial charge in [-0.15, -0.1) is 0 Å². The van der Waals surface area contributed by atoms with Crippen molar-refractivity contribution in [3.05, 3.63) is 35.9 Å². The second kappa shape index (κ2) is 9.41. The summed E-state index contributed by atoms with van der Waals surface area (Å²) in [4.78, 5) is 8.81. The zero-order chi connectivity index (χ0) is 11.5. The first-order valence-corrected chi connectivity index (χ1v) is 5.39. The number of likely N-dealkylation sites (N-methyl/N-ethyl adjacent to an activating group) is 1. The van der Waals surface area contributed by atoms with E-state index in [9.17, 15) is 0 Å². The number of nitrogens with one attached hydrogen (secondary N) is 1. The molecule has 0 heterocycles. The lowest BCUT2D eigenvalue weighted by molar-refractivity contribution is -0.106. The van der Waals surface area contributed by atoms with Crippen molar-refractivity contribution in [2.75, 3.05) is 7.05 Å². The summed E-state index contributed by atoms with van der Waals surface area (Å²) >= 11 is 0. The maximum Gasteiger partial charge on any atom is 0.116 e. The molecule has 2 nitrogen and oxygen atoms in total. The number of carbonyl (C=O) groups is 1. The van der Waals surface area contributed by atoms with Crippen LogP contribution >= 0.6 is 0 Å². The second-order valence-corrected chi connectivity index (χ2v) is 3.32. The summed E-state index contributed by atoms with van der Waals surface area (Å²) in [6.07, 6.45) is 3.07. The van der Waals surface area contributed by atoms with Crippen molar-refractivity contribution in [3.8, 4) is 0 Å². The summed E-state index contributed by atoms with van der Waals surface area (Å²) in [5, 5.41) is 3.30. The van der Waals surface area contributed by atoms with E-state index in [1.165, 1.54) is 18.9 Å². The van der Waals surface area contributed by atoms with Crippen LogP contribution in [0.1, 0.15) is 25.8 Å². The number of hydrogen-bond donors (Lipinski definition) is 1. The average Bonchev–Trinajstić information content (AvgIpc) is 2.28. The maximum absolute atomic E-state index is 8.81. The molecule has 2 heteroatoms. The largest absolute Gasteiger partial charge is 0.317 e. The molecule has 0 bridgehead atoms. The Labute approximate surface area is 92.7 Å². The maximum atomic E-state index is 8.81. The second-order valence-electron chi connectivity index (χ2n) is 3.32. The van der Waals surface area contributed by atoms with Crippen molar-refractivity contribution in [2.45, 2.75) is 32.7 Å². The number of hydrogen-bond acceptors (Lipinski definition) is 2. The standard InChI is InChI=1S/C11H17N.C2H4O/c1-3-11(12-2)9-10-7-5-4-6-8-10;1-2-3/h4-8,11-12H,3,9H2,1-2H3;2H,1H3. The van der Waals surface area contributed by atoms with Gasteiger partial charge in [-0.05, 0) is 32.4 Å². The van der Waals surface area contributed by atoms with Crippen molar-refractivity contribution in [1.82, 2.24) is 5.32 Å². The first-order valence-electron chi connectivity index (χ1n) is 5.39. The van der Waals surface area contributed by atoms with E-state index in [4.69, 9.17) is 4.79 Å². The molecule has 15 heavy (non-hydrogen) atoms. The quantitative estimate of drug-likeness (QED) is 0.768. The summed E-state index contributed by atoms with van der Waals surface area (Å²) in [7, 11) is 2.02. The lowest BCUT2D eigenvalue weighted by Crippen LogP contribution is -2.26. The molecule has 0 spiro atoms. The molecule has 0 fully saturated rings. The molecule has 0 saturated carbocycles. The van der Waals surface area contributed by atoms with Gasteiger partial charge in [0.15, 0.2) is 0 Å². The van der Waals surface area contributed by atoms with Crippen molar-refractivity contribution in [1.29, 1.82) is 0 Å². The molecular formula is C13H21NO. The third-order valence-electron chi connectivity index (χ3n) is 2.23. The van der Waals surface area contributed by atoms with Crippen LogP contribution in [0.5, 0.6) is 0 Å². The first-order chi connectivity index (χ1) is 7.28. The van der Waals surface area contributed by atoms with E-state index in [1.807, 2.05) is 7.05 Å². The van der Waals surface area contributed by atoms with Crippen LogP contribution < -0.4 is 5.32 Å². The van der Waals surface area contributed by atoms with Crippen molar-refractivity contribution in [3.63, 3.8) is 0 Å². The van der Waals surface area contributed by atoms with Crippen molar-refractivity contribution < 1.29 is 4.79 Å². The summed E-state index contributed by atoms with van der Waals surface area (Å²) < 4.78 is 0. The van der Waals surface area contributed by atoms with Gasteiger partial charge in [-0.2, -0.15) is 0 Å². The van der Waals surface area contributed by atoms with E-state index in [1.54, 1.807) is 0 Å². The molecule has 1 aromatic carbocycles. The molecule has 0 aliphatic carbocycles. The van der Waals surface area contributed by atoms with Crippen molar-refractivity contribution in [2.24, 2.45) is 0 Å². The van der Waals surface area contributed by atoms with Crippen LogP contribution in [0, 0.1) is 0 Å². The van der Waals surface area contributed by atoms with Gasteiger partial charge < -0.3 is 10.1 Å². The van der Waals surface area contributed by atoms with E-state index >= 15 is 0 Å². The van der Waals surface area contributed by atoms with E-state index < -0.39 is 0 Å². The highest BCUT2D eigenvalue weighted by Crippen LogP contribution is 2.04. The summed E-state index contributed by atoms with van der Waals surface area (Å²) in [6, 6.07) is 11.2. The summed E-state index contributed by atoms with van der Waals surface area (Å²) in [6.45, 7) is 3.66. The van der Waals surface area contributed by atoms with Gasteiger partial charge in [0, 0.05) is 6.04 Å². The van der Waals surface area contributed by atoms with Gasteiger partial charge >= 0.3 is 0 Å². The Kier molecular flexibility index (Phi) is 8.69. The Hall–Kier alpha value is -1.15. The first kappa shape index (κ1) is 13.8. The zero-order valence-electron chi connectivity index (χ0n) is 9.86. The van der Waals surface area contributed by atoms with Crippen LogP contribution in [0.15, 0.2) is 30.3 Å². The van der Waals surface area contributed by atoms with E-state index in [0.29, 0.717) is 6.04 Å². The fraction of sp³-hybridized carbons (Fsp3) is 0.462. The SMILES string of the molecule is CC=O.CCC(Cc1ccccc1)NC. The highest BCUT2D eigenvalue weighted by molar-refractivity contribution is 5.44. The van der Waals surface area contributed by atoms with E-state index in [0.717, 1.165) is 12.7 Å². The summed E-state index contributed by atoms with van der Waals surface area (Å²) in [5.41, 5.74) is 1.42. The molecule has 84 valence electrons. The molecule has 1 rings (SSSR count). The third-order valence-corrected chi connectivity index (χ3v) is 2.23. The normalized spacial score (nSPS) is 11.1. The minimum absolute atomic E-state index is 0.618. The number of carbonyl (C=O) groups excluding carboxylic acids is 1. The molecule has 1 atom stereocenters. The molecule has 0 saturated heterocycles. The van der Waals surface area contributed by atoms with Gasteiger partial charge in [0.2, 0.25) is 0 Å². The molecule has 1 unspecified atom stereocenters. The fourth-order valence-corrected chi connectivity index (χ4v) is 1.35. The fourth-order valence-electron chi connectivity index (χ4n) is 1.35. The van der Waals surface area contributed by atoms with Crippen LogP contribution in [-0.4, -0.2) is 19.4 Å². The minimum Gasteiger partial charge on any atom is -0.317 e. The third kappa shape index (κ3) is 6.86. The predicted octanol–water partition coefficient (Wildman–Crippen LogP) is 2.43. The molecule has 1 N–H and O–H groups in total. The lowest BCUT2D eigenvalue weighted by Gasteiger charge is -2.13. The van der Waals surface area contributed by atoms with E-state index in [-0.39, 0.29) is 0 Å². The van der Waals surface area contributed by atoms with Gasteiger partial charge in [0.25, 0.3) is 0 Å². The van der Waals surface area contributed by atoms with E-state index in [2.05, 4.69) is 42.6 Å². The number of aldehydes is 1. The predicted molar refractivity (Wildman–Crippen MR) is 65.0 cm³/mol. The summed E-state index contributed by atoms with van der Waals surface area (Å²) in [5.74, 6) is 0. The number of benzene rings is 1. The molecular weight excluding hydrogens is 186 g/mol. The highest BCUT2D eigenvalue weighted by Gasteiger charge is 2.02. The van der Waals surface area contributed by atoms with Gasteiger partial charge in [0.1, 0.15) is 6.29 Å². The Balaban J connectivity index is 0.000000583. The highest BCUT2D eigenvalue weighted by atomic mass is 16.1. The molecule has 0 aliphatic rings. The number of rotatable bonds is 4. The Morgan fingerprint density at radius 1 is 1.33 bits per heavy atom. The topological polar surface area (TPSA) is 29.1 Å². The molecule has 0 radical (unpaired) electrons. The Morgan fingerprint density at radius 3 is 2.27 bits per heavy atom. The molecule has 0 aliphatic heterocycles. The Morgan fingerprint density at radius 2 is 1.87 bits per heavy atom. The van der Waals surface area contributed by atoms with Crippen LogP contribution in [0.3, 0.4) is 0 Å². The van der Waals surface area contributed by atoms with Crippen LogP contribution in [0.2, 0.25) is 0 Å². The lowest BCUT2D eigenvalue weighted by atomic mass is 10.0. The van der Waals surface area contributed by atoms with Gasteiger partial charge in [-0.3, -0.25) is 0 Å². The smallest absolute Gasteiger partial charge is 0.116 e. The van der Waals surface area contributed by atoms with Crippen molar-refractivity contribution >= 4 is 6.29 Å². The molecule has 0 amide bonds. The van der Waals surface area contributed by atoms with Crippen LogP contribution in [0.25, 0.3) is 0 Å². The Bertz CT molecular complexity index is 242. The molecule has 1 aromatic rings. The van der Waals surface area contributed by atoms with Crippen LogP contribution in [-0.2, 0) is 11.2 Å². The monoisotopic (exact) mass is 207 g/mol.